The van der Waals surface area contributed by atoms with Crippen molar-refractivity contribution in [3.8, 4) is 11.8 Å². The van der Waals surface area contributed by atoms with Crippen molar-refractivity contribution in [3.63, 3.8) is 0 Å². The van der Waals surface area contributed by atoms with E-state index in [0.717, 1.165) is 53.2 Å². The van der Waals surface area contributed by atoms with E-state index < -0.39 is 0 Å². The lowest BCUT2D eigenvalue weighted by molar-refractivity contribution is -0.116. The molecule has 0 unspecified atom stereocenters. The van der Waals surface area contributed by atoms with Gasteiger partial charge in [0.1, 0.15) is 22.4 Å². The molecule has 0 spiro atoms. The smallest absolute Gasteiger partial charge is 0.190 e. The Bertz CT molecular complexity index is 1000. The van der Waals surface area contributed by atoms with Crippen molar-refractivity contribution in [2.45, 2.75) is 4.90 Å². The standard InChI is InChI=1S/C23H24N4O2S/c1-25-20-5-3-4-6-22(20)30-23(25)19(15-24)21(28)16-26-11-13-27(14-12-26)17-7-9-18(29-2)10-8-17/h3-10H,11-14,16H2,1-2H3/b23-19-. The molecule has 1 fully saturated rings. The molecule has 0 atom stereocenters. The van der Waals surface area contributed by atoms with Gasteiger partial charge in [-0.1, -0.05) is 23.9 Å². The maximum Gasteiger partial charge on any atom is 0.190 e. The largest absolute Gasteiger partial charge is 0.497 e. The molecule has 0 amide bonds. The van der Waals surface area contributed by atoms with Crippen molar-refractivity contribution in [1.82, 2.24) is 4.90 Å². The fraction of sp³-hybridized carbons (Fsp3) is 0.304. The maximum atomic E-state index is 13.0. The molecule has 2 aromatic carbocycles. The van der Waals surface area contributed by atoms with Gasteiger partial charge in [0, 0.05) is 43.8 Å². The van der Waals surface area contributed by atoms with Crippen molar-refractivity contribution in [2.75, 3.05) is 56.7 Å². The third-order valence-corrected chi connectivity index (χ3v) is 6.76. The molecule has 0 bridgehead atoms. The van der Waals surface area contributed by atoms with E-state index in [1.54, 1.807) is 7.11 Å². The summed E-state index contributed by atoms with van der Waals surface area (Å²) in [5.74, 6) is 0.731. The third-order valence-electron chi connectivity index (χ3n) is 5.52. The molecule has 2 aliphatic heterocycles. The van der Waals surface area contributed by atoms with E-state index in [1.165, 1.54) is 11.8 Å². The molecule has 0 aromatic heterocycles. The predicted molar refractivity (Wildman–Crippen MR) is 120 cm³/mol. The number of nitriles is 1. The fourth-order valence-electron chi connectivity index (χ4n) is 3.79. The minimum Gasteiger partial charge on any atom is -0.497 e. The van der Waals surface area contributed by atoms with Gasteiger partial charge in [-0.05, 0) is 36.4 Å². The summed E-state index contributed by atoms with van der Waals surface area (Å²) >= 11 is 1.49. The predicted octanol–water partition coefficient (Wildman–Crippen LogP) is 3.36. The number of carbonyl (C=O) groups is 1. The summed E-state index contributed by atoms with van der Waals surface area (Å²) in [6.07, 6.45) is 0. The number of methoxy groups -OCH3 is 1. The van der Waals surface area contributed by atoms with Crippen molar-refractivity contribution in [1.29, 1.82) is 5.26 Å². The number of anilines is 2. The summed E-state index contributed by atoms with van der Waals surface area (Å²) in [6.45, 7) is 3.54. The minimum absolute atomic E-state index is 0.113. The molecule has 154 valence electrons. The summed E-state index contributed by atoms with van der Waals surface area (Å²) < 4.78 is 5.22. The van der Waals surface area contributed by atoms with E-state index in [4.69, 9.17) is 4.74 Å². The second kappa shape index (κ2) is 8.82. The molecule has 0 radical (unpaired) electrons. The zero-order chi connectivity index (χ0) is 21.1. The first kappa shape index (κ1) is 20.3. The topological polar surface area (TPSA) is 59.8 Å². The number of rotatable bonds is 5. The minimum atomic E-state index is -0.113. The second-order valence-electron chi connectivity index (χ2n) is 7.31. The average molecular weight is 421 g/mol. The molecule has 7 heteroatoms. The van der Waals surface area contributed by atoms with Crippen LogP contribution in [0.15, 0.2) is 64.0 Å². The molecule has 6 nitrogen and oxygen atoms in total. The molecule has 2 aliphatic rings. The monoisotopic (exact) mass is 420 g/mol. The summed E-state index contributed by atoms with van der Waals surface area (Å²) in [7, 11) is 3.57. The molecule has 0 saturated carbocycles. The summed E-state index contributed by atoms with van der Waals surface area (Å²) in [5, 5.41) is 10.4. The molecular weight excluding hydrogens is 396 g/mol. The Morgan fingerprint density at radius 3 is 2.43 bits per heavy atom. The molecule has 0 aliphatic carbocycles. The van der Waals surface area contributed by atoms with Crippen LogP contribution >= 0.6 is 11.8 Å². The van der Waals surface area contributed by atoms with Gasteiger partial charge in [-0.25, -0.2) is 0 Å². The van der Waals surface area contributed by atoms with Crippen LogP contribution in [0, 0.1) is 11.3 Å². The van der Waals surface area contributed by atoms with E-state index in [9.17, 15) is 10.1 Å². The fourth-order valence-corrected chi connectivity index (χ4v) is 4.95. The zero-order valence-electron chi connectivity index (χ0n) is 17.2. The number of carbonyl (C=O) groups excluding carboxylic acids is 1. The van der Waals surface area contributed by atoms with Gasteiger partial charge >= 0.3 is 0 Å². The quantitative estimate of drug-likeness (QED) is 0.543. The number of para-hydroxylation sites is 1. The van der Waals surface area contributed by atoms with Crippen LogP contribution in [0.25, 0.3) is 0 Å². The SMILES string of the molecule is COc1ccc(N2CCN(CC(=O)/C(C#N)=C3\Sc4ccccc4N3C)CC2)cc1. The highest BCUT2D eigenvalue weighted by Gasteiger charge is 2.29. The van der Waals surface area contributed by atoms with Crippen LogP contribution in [0.3, 0.4) is 0 Å². The number of hydrogen-bond donors (Lipinski definition) is 0. The molecule has 0 N–H and O–H groups in total. The van der Waals surface area contributed by atoms with Crippen LogP contribution < -0.4 is 14.5 Å². The normalized spacial score (nSPS) is 18.0. The van der Waals surface area contributed by atoms with Crippen molar-refractivity contribution >= 4 is 28.9 Å². The lowest BCUT2D eigenvalue weighted by atomic mass is 10.1. The van der Waals surface area contributed by atoms with Gasteiger partial charge in [-0.3, -0.25) is 9.69 Å². The Kier molecular flexibility index (Phi) is 5.98. The zero-order valence-corrected chi connectivity index (χ0v) is 18.0. The van der Waals surface area contributed by atoms with Gasteiger partial charge in [0.2, 0.25) is 0 Å². The van der Waals surface area contributed by atoms with Gasteiger partial charge in [-0.15, -0.1) is 0 Å². The highest BCUT2D eigenvalue weighted by Crippen LogP contribution is 2.46. The van der Waals surface area contributed by atoms with Gasteiger partial charge < -0.3 is 14.5 Å². The van der Waals surface area contributed by atoms with Crippen molar-refractivity contribution in [3.05, 3.63) is 59.1 Å². The number of Topliss-reactive ketones (excluding diaryl/α,β-unsaturated/α-hetero) is 1. The summed E-state index contributed by atoms with van der Waals surface area (Å²) in [6, 6.07) is 18.2. The summed E-state index contributed by atoms with van der Waals surface area (Å²) in [5.41, 5.74) is 2.44. The molecule has 30 heavy (non-hydrogen) atoms. The van der Waals surface area contributed by atoms with E-state index in [0.29, 0.717) is 0 Å². The Labute approximate surface area is 181 Å². The Morgan fingerprint density at radius 1 is 1.10 bits per heavy atom. The molecule has 1 saturated heterocycles. The number of fused-ring (bicyclic) bond motifs is 1. The van der Waals surface area contributed by atoms with Crippen LogP contribution in [0.2, 0.25) is 0 Å². The van der Waals surface area contributed by atoms with E-state index in [2.05, 4.69) is 28.0 Å². The number of benzene rings is 2. The van der Waals surface area contributed by atoms with Crippen molar-refractivity contribution in [2.24, 2.45) is 0 Å². The lowest BCUT2D eigenvalue weighted by Crippen LogP contribution is -2.48. The van der Waals surface area contributed by atoms with Crippen LogP contribution in [-0.2, 0) is 4.79 Å². The van der Waals surface area contributed by atoms with Crippen LogP contribution in [0.5, 0.6) is 5.75 Å². The van der Waals surface area contributed by atoms with Gasteiger partial charge in [0.15, 0.2) is 5.78 Å². The van der Waals surface area contributed by atoms with E-state index >= 15 is 0 Å². The number of hydrogen-bond acceptors (Lipinski definition) is 7. The van der Waals surface area contributed by atoms with Crippen molar-refractivity contribution < 1.29 is 9.53 Å². The van der Waals surface area contributed by atoms with E-state index in [1.807, 2.05) is 48.3 Å². The van der Waals surface area contributed by atoms with Crippen LogP contribution in [0.1, 0.15) is 0 Å². The number of ketones is 1. The Balaban J connectivity index is 1.39. The summed E-state index contributed by atoms with van der Waals surface area (Å²) in [4.78, 5) is 20.4. The Hall–Kier alpha value is -2.95. The van der Waals surface area contributed by atoms with Crippen LogP contribution in [0.4, 0.5) is 11.4 Å². The first-order valence-corrected chi connectivity index (χ1v) is 10.7. The first-order chi connectivity index (χ1) is 14.6. The highest BCUT2D eigenvalue weighted by molar-refractivity contribution is 8.03. The third kappa shape index (κ3) is 4.02. The molecule has 2 aromatic rings. The molecular formula is C23H24N4O2S. The number of thioether (sulfide) groups is 1. The van der Waals surface area contributed by atoms with E-state index in [-0.39, 0.29) is 17.9 Å². The first-order valence-electron chi connectivity index (χ1n) is 9.90. The Morgan fingerprint density at radius 2 is 1.80 bits per heavy atom. The van der Waals surface area contributed by atoms with Gasteiger partial charge in [0.25, 0.3) is 0 Å². The maximum absolute atomic E-state index is 13.0. The molecule has 2 heterocycles. The lowest BCUT2D eigenvalue weighted by Gasteiger charge is -2.35. The average Bonchev–Trinajstić information content (AvgIpc) is 3.11. The molecule has 4 rings (SSSR count). The van der Waals surface area contributed by atoms with Gasteiger partial charge in [0.05, 0.1) is 19.3 Å². The number of nitrogens with zero attached hydrogens (tertiary/aromatic N) is 4. The highest BCUT2D eigenvalue weighted by atomic mass is 32.2. The number of ether oxygens (including phenoxy) is 1. The van der Waals surface area contributed by atoms with Crippen LogP contribution in [-0.4, -0.2) is 57.6 Å². The number of piperazine rings is 1. The second-order valence-corrected chi connectivity index (χ2v) is 8.34. The van der Waals surface area contributed by atoms with Gasteiger partial charge in [-0.2, -0.15) is 5.26 Å².